The van der Waals surface area contributed by atoms with Gasteiger partial charge in [-0.3, -0.25) is 0 Å². The molecule has 0 amide bonds. The van der Waals surface area contributed by atoms with E-state index in [-0.39, 0.29) is 0 Å². The number of hydrogen-bond acceptors (Lipinski definition) is 3. The molecule has 1 atom stereocenters. The van der Waals surface area contributed by atoms with Crippen LogP contribution in [0.4, 0.5) is 5.69 Å². The number of quaternary nitrogens is 1. The van der Waals surface area contributed by atoms with E-state index in [1.807, 2.05) is 49.4 Å². The Bertz CT molecular complexity index is 687. The Morgan fingerprint density at radius 2 is 1.92 bits per heavy atom. The Kier molecular flexibility index (Phi) is 6.19. The molecule has 0 bridgehead atoms. The first-order valence-electron chi connectivity index (χ1n) is 8.82. The van der Waals surface area contributed by atoms with Crippen molar-refractivity contribution in [2.45, 2.75) is 13.0 Å². The zero-order chi connectivity index (χ0) is 17.6. The van der Waals surface area contributed by atoms with Crippen LogP contribution in [0.3, 0.4) is 0 Å². The third kappa shape index (κ3) is 5.11. The number of halogens is 1. The van der Waals surface area contributed by atoms with Gasteiger partial charge >= 0.3 is 0 Å². The Hall–Kier alpha value is -1.75. The molecule has 5 heteroatoms. The number of nitrogens with one attached hydrogen (secondary N) is 1. The molecular formula is C20H26ClN2O2+. The summed E-state index contributed by atoms with van der Waals surface area (Å²) in [4.78, 5) is 3.77. The zero-order valence-electron chi connectivity index (χ0n) is 14.6. The summed E-state index contributed by atoms with van der Waals surface area (Å²) in [5.41, 5.74) is 2.27. The number of aliphatic hydroxyl groups is 1. The fraction of sp³-hybridized carbons (Fsp3) is 0.400. The molecule has 1 saturated heterocycles. The normalized spacial score (nSPS) is 16.7. The number of piperazine rings is 1. The first-order valence-corrected chi connectivity index (χ1v) is 9.20. The van der Waals surface area contributed by atoms with E-state index in [9.17, 15) is 5.11 Å². The molecule has 1 fully saturated rings. The highest BCUT2D eigenvalue weighted by Gasteiger charge is 2.23. The summed E-state index contributed by atoms with van der Waals surface area (Å²) in [6, 6.07) is 15.9. The van der Waals surface area contributed by atoms with E-state index in [0.717, 1.165) is 49.1 Å². The minimum Gasteiger partial charge on any atom is -0.490 e. The molecule has 1 heterocycles. The summed E-state index contributed by atoms with van der Waals surface area (Å²) < 4.78 is 5.76. The summed E-state index contributed by atoms with van der Waals surface area (Å²) in [6.45, 7) is 7.04. The Morgan fingerprint density at radius 3 is 2.64 bits per heavy atom. The van der Waals surface area contributed by atoms with Crippen molar-refractivity contribution in [3.8, 4) is 5.75 Å². The topological polar surface area (TPSA) is 37.1 Å². The summed E-state index contributed by atoms with van der Waals surface area (Å²) in [7, 11) is 0. The van der Waals surface area contributed by atoms with Crippen molar-refractivity contribution >= 4 is 17.3 Å². The molecule has 0 radical (unpaired) electrons. The molecule has 3 rings (SSSR count). The lowest BCUT2D eigenvalue weighted by Gasteiger charge is -2.34. The van der Waals surface area contributed by atoms with E-state index in [1.54, 1.807) is 0 Å². The third-order valence-corrected chi connectivity index (χ3v) is 4.93. The number of nitrogens with zero attached hydrogens (tertiary/aromatic N) is 1. The highest BCUT2D eigenvalue weighted by atomic mass is 35.5. The van der Waals surface area contributed by atoms with Gasteiger partial charge in [-0.25, -0.2) is 0 Å². The first kappa shape index (κ1) is 18.1. The standard InChI is InChI=1S/C20H25ClN2O2/c1-16-5-2-3-8-20(16)25-15-19(24)14-22-9-11-23(12-10-22)18-7-4-6-17(21)13-18/h2-8,13,19,24H,9-12,14-15H2,1H3/p+1/t19-/m0/s1. The van der Waals surface area contributed by atoms with Gasteiger partial charge in [-0.15, -0.1) is 0 Å². The number of aliphatic hydroxyl groups excluding tert-OH is 1. The van der Waals surface area contributed by atoms with E-state index >= 15 is 0 Å². The third-order valence-electron chi connectivity index (χ3n) is 4.69. The fourth-order valence-electron chi connectivity index (χ4n) is 3.25. The second-order valence-electron chi connectivity index (χ2n) is 6.65. The van der Waals surface area contributed by atoms with Crippen LogP contribution in [0.5, 0.6) is 5.75 Å². The van der Waals surface area contributed by atoms with Crippen molar-refractivity contribution in [2.24, 2.45) is 0 Å². The van der Waals surface area contributed by atoms with Crippen LogP contribution in [0.15, 0.2) is 48.5 Å². The molecule has 1 aliphatic rings. The number of rotatable bonds is 6. The lowest BCUT2D eigenvalue weighted by molar-refractivity contribution is -0.903. The maximum atomic E-state index is 10.3. The van der Waals surface area contributed by atoms with Crippen molar-refractivity contribution in [1.29, 1.82) is 0 Å². The van der Waals surface area contributed by atoms with E-state index in [1.165, 1.54) is 10.6 Å². The monoisotopic (exact) mass is 361 g/mol. The number of ether oxygens (including phenoxy) is 1. The van der Waals surface area contributed by atoms with Gasteiger partial charge in [-0.05, 0) is 36.8 Å². The van der Waals surface area contributed by atoms with Crippen LogP contribution in [-0.4, -0.2) is 50.5 Å². The van der Waals surface area contributed by atoms with Gasteiger partial charge in [0.15, 0.2) is 0 Å². The lowest BCUT2D eigenvalue weighted by Crippen LogP contribution is -3.16. The van der Waals surface area contributed by atoms with Crippen molar-refractivity contribution in [2.75, 3.05) is 44.2 Å². The van der Waals surface area contributed by atoms with Gasteiger partial charge in [-0.2, -0.15) is 0 Å². The largest absolute Gasteiger partial charge is 0.490 e. The molecule has 4 nitrogen and oxygen atoms in total. The predicted octanol–water partition coefficient (Wildman–Crippen LogP) is 1.79. The van der Waals surface area contributed by atoms with Crippen LogP contribution >= 0.6 is 11.6 Å². The highest BCUT2D eigenvalue weighted by molar-refractivity contribution is 6.30. The molecule has 2 aromatic carbocycles. The molecule has 2 N–H and O–H groups in total. The van der Waals surface area contributed by atoms with Crippen molar-refractivity contribution in [3.05, 3.63) is 59.1 Å². The maximum Gasteiger partial charge on any atom is 0.137 e. The van der Waals surface area contributed by atoms with Crippen molar-refractivity contribution in [1.82, 2.24) is 0 Å². The van der Waals surface area contributed by atoms with Gasteiger partial charge in [-0.1, -0.05) is 35.9 Å². The summed E-state index contributed by atoms with van der Waals surface area (Å²) in [5.74, 6) is 0.849. The highest BCUT2D eigenvalue weighted by Crippen LogP contribution is 2.19. The number of benzene rings is 2. The molecule has 134 valence electrons. The van der Waals surface area contributed by atoms with E-state index in [0.29, 0.717) is 6.61 Å². The van der Waals surface area contributed by atoms with Crippen LogP contribution < -0.4 is 14.5 Å². The average molecular weight is 362 g/mol. The average Bonchev–Trinajstić information content (AvgIpc) is 2.62. The first-order chi connectivity index (χ1) is 12.1. The Balaban J connectivity index is 1.43. The lowest BCUT2D eigenvalue weighted by atomic mass is 10.2. The Labute approximate surface area is 154 Å². The quantitative estimate of drug-likeness (QED) is 0.823. The summed E-state index contributed by atoms with van der Waals surface area (Å²) >= 11 is 6.08. The number of hydrogen-bond donors (Lipinski definition) is 2. The summed E-state index contributed by atoms with van der Waals surface area (Å²) in [5, 5.41) is 11.1. The molecule has 0 aromatic heterocycles. The number of anilines is 1. The molecule has 0 saturated carbocycles. The summed E-state index contributed by atoms with van der Waals surface area (Å²) in [6.07, 6.45) is -0.452. The zero-order valence-corrected chi connectivity index (χ0v) is 15.4. The predicted molar refractivity (Wildman–Crippen MR) is 102 cm³/mol. The maximum absolute atomic E-state index is 10.3. The molecule has 0 unspecified atom stereocenters. The minimum atomic E-state index is -0.452. The van der Waals surface area contributed by atoms with E-state index in [4.69, 9.17) is 16.3 Å². The van der Waals surface area contributed by atoms with Crippen LogP contribution in [0.2, 0.25) is 5.02 Å². The van der Waals surface area contributed by atoms with Gasteiger partial charge in [0.25, 0.3) is 0 Å². The van der Waals surface area contributed by atoms with Crippen LogP contribution in [0.25, 0.3) is 0 Å². The van der Waals surface area contributed by atoms with Gasteiger partial charge in [0.1, 0.15) is 25.0 Å². The van der Waals surface area contributed by atoms with E-state index < -0.39 is 6.10 Å². The fourth-order valence-corrected chi connectivity index (χ4v) is 3.44. The van der Waals surface area contributed by atoms with Crippen LogP contribution in [0.1, 0.15) is 5.56 Å². The molecular weight excluding hydrogens is 336 g/mol. The molecule has 2 aromatic rings. The smallest absolute Gasteiger partial charge is 0.137 e. The minimum absolute atomic E-state index is 0.340. The molecule has 25 heavy (non-hydrogen) atoms. The van der Waals surface area contributed by atoms with E-state index in [2.05, 4.69) is 11.0 Å². The van der Waals surface area contributed by atoms with Gasteiger partial charge in [0, 0.05) is 10.7 Å². The molecule has 1 aliphatic heterocycles. The second-order valence-corrected chi connectivity index (χ2v) is 7.09. The van der Waals surface area contributed by atoms with Crippen LogP contribution in [0, 0.1) is 6.92 Å². The van der Waals surface area contributed by atoms with Crippen molar-refractivity contribution < 1.29 is 14.7 Å². The van der Waals surface area contributed by atoms with Crippen molar-refractivity contribution in [3.63, 3.8) is 0 Å². The number of aryl methyl sites for hydroxylation is 1. The molecule has 0 spiro atoms. The Morgan fingerprint density at radius 1 is 1.16 bits per heavy atom. The van der Waals surface area contributed by atoms with Crippen LogP contribution in [-0.2, 0) is 0 Å². The SMILES string of the molecule is Cc1ccccc1OC[C@@H](O)C[NH+]1CCN(c2cccc(Cl)c2)CC1. The van der Waals surface area contributed by atoms with Gasteiger partial charge < -0.3 is 19.6 Å². The second kappa shape index (κ2) is 8.56. The number of para-hydroxylation sites is 1. The molecule has 0 aliphatic carbocycles. The van der Waals surface area contributed by atoms with Gasteiger partial charge in [0.05, 0.1) is 26.2 Å². The van der Waals surface area contributed by atoms with Gasteiger partial charge in [0.2, 0.25) is 0 Å².